The van der Waals surface area contributed by atoms with Gasteiger partial charge in [0.2, 0.25) is 0 Å². The van der Waals surface area contributed by atoms with Gasteiger partial charge in [0.05, 0.1) is 11.9 Å². The number of hydrogen-bond donors (Lipinski definition) is 2. The number of nitrogens with zero attached hydrogens (tertiary/aromatic N) is 1. The van der Waals surface area contributed by atoms with Crippen molar-refractivity contribution in [1.29, 1.82) is 0 Å². The Labute approximate surface area is 90.2 Å². The van der Waals surface area contributed by atoms with Gasteiger partial charge >= 0.3 is 0 Å². The summed E-state index contributed by atoms with van der Waals surface area (Å²) in [5, 5.41) is 0. The minimum atomic E-state index is 0. The molecule has 0 saturated heterocycles. The molecular weight excluding hydrogens is 220 g/mol. The molecule has 0 aliphatic carbocycles. The fraction of sp³-hybridized carbons (Fsp3) is 0.167. The minimum absolute atomic E-state index is 0. The van der Waals surface area contributed by atoms with E-state index in [9.17, 15) is 0 Å². The molecule has 0 atom stereocenters. The van der Waals surface area contributed by atoms with E-state index in [1.54, 1.807) is 12.3 Å². The van der Waals surface area contributed by atoms with Crippen molar-refractivity contribution in [2.75, 3.05) is 11.5 Å². The first-order chi connectivity index (χ1) is 4.20. The summed E-state index contributed by atoms with van der Waals surface area (Å²) in [6.45, 7) is 1.87. The van der Waals surface area contributed by atoms with E-state index in [0.717, 1.165) is 5.56 Å². The Morgan fingerprint density at radius 3 is 2.00 bits per heavy atom. The van der Waals surface area contributed by atoms with Crippen molar-refractivity contribution in [3.63, 3.8) is 0 Å². The van der Waals surface area contributed by atoms with Crippen LogP contribution in [0.25, 0.3) is 0 Å². The number of aryl methyl sites for hydroxylation is 1. The number of anilines is 2. The van der Waals surface area contributed by atoms with Crippen LogP contribution in [-0.4, -0.2) is 4.98 Å². The molecule has 6 heteroatoms. The third kappa shape index (κ3) is 4.49. The number of nitrogen functional groups attached to an aromatic ring is 2. The highest BCUT2D eigenvalue weighted by Gasteiger charge is 1.91. The number of pyridine rings is 1. The molecule has 0 aromatic carbocycles. The molecule has 0 fully saturated rings. The third-order valence-corrected chi connectivity index (χ3v) is 1.14. The van der Waals surface area contributed by atoms with E-state index < -0.39 is 0 Å². The van der Waals surface area contributed by atoms with Crippen LogP contribution in [0.15, 0.2) is 12.3 Å². The smallest absolute Gasteiger partial charge is 0.126 e. The van der Waals surface area contributed by atoms with Gasteiger partial charge in [0.1, 0.15) is 5.82 Å². The first-order valence-electron chi connectivity index (χ1n) is 2.68. The van der Waals surface area contributed by atoms with Crippen LogP contribution < -0.4 is 11.5 Å². The molecule has 0 saturated carbocycles. The zero-order valence-electron chi connectivity index (χ0n) is 6.48. The Hall–Kier alpha value is -0.380. The maximum atomic E-state index is 5.42. The predicted octanol–water partition coefficient (Wildman–Crippen LogP) is 1.82. The standard InChI is InChI=1S/C6H9N3.3ClH/c1-4-2-5(7)3-9-6(4)8;;;/h2-3H,7H2,1H3,(H2,8,9);3*1H. The molecule has 0 aliphatic heterocycles. The van der Waals surface area contributed by atoms with Crippen molar-refractivity contribution in [1.82, 2.24) is 4.98 Å². The van der Waals surface area contributed by atoms with Gasteiger partial charge in [-0.3, -0.25) is 0 Å². The van der Waals surface area contributed by atoms with E-state index in [2.05, 4.69) is 4.98 Å². The summed E-state index contributed by atoms with van der Waals surface area (Å²) in [4.78, 5) is 3.83. The van der Waals surface area contributed by atoms with Crippen molar-refractivity contribution >= 4 is 48.7 Å². The van der Waals surface area contributed by atoms with Crippen LogP contribution in [0.4, 0.5) is 11.5 Å². The lowest BCUT2D eigenvalue weighted by molar-refractivity contribution is 1.28. The number of halogens is 3. The van der Waals surface area contributed by atoms with Crippen molar-refractivity contribution < 1.29 is 0 Å². The van der Waals surface area contributed by atoms with Crippen LogP contribution in [0.5, 0.6) is 0 Å². The topological polar surface area (TPSA) is 64.9 Å². The second-order valence-corrected chi connectivity index (χ2v) is 1.97. The molecule has 0 amide bonds. The zero-order chi connectivity index (χ0) is 6.85. The highest BCUT2D eigenvalue weighted by molar-refractivity contribution is 5.86. The maximum Gasteiger partial charge on any atom is 0.126 e. The summed E-state index contributed by atoms with van der Waals surface area (Å²) in [6.07, 6.45) is 1.54. The number of aromatic nitrogens is 1. The van der Waals surface area contributed by atoms with E-state index in [0.29, 0.717) is 11.5 Å². The second kappa shape index (κ2) is 7.28. The van der Waals surface area contributed by atoms with Crippen molar-refractivity contribution in [2.24, 2.45) is 0 Å². The van der Waals surface area contributed by atoms with Gasteiger partial charge in [-0.1, -0.05) is 0 Å². The molecule has 1 aromatic rings. The largest absolute Gasteiger partial charge is 0.397 e. The van der Waals surface area contributed by atoms with E-state index in [-0.39, 0.29) is 37.2 Å². The monoisotopic (exact) mass is 231 g/mol. The average Bonchev–Trinajstić information content (AvgIpc) is 1.80. The maximum absolute atomic E-state index is 5.42. The summed E-state index contributed by atoms with van der Waals surface area (Å²) in [6, 6.07) is 1.79. The van der Waals surface area contributed by atoms with Crippen LogP contribution in [0.3, 0.4) is 0 Å². The van der Waals surface area contributed by atoms with Gasteiger partial charge in [-0.15, -0.1) is 37.2 Å². The molecule has 4 N–H and O–H groups in total. The molecule has 0 radical (unpaired) electrons. The van der Waals surface area contributed by atoms with Crippen molar-refractivity contribution in [3.8, 4) is 0 Å². The fourth-order valence-corrected chi connectivity index (χ4v) is 0.607. The Kier molecular flexibility index (Phi) is 10.7. The molecule has 0 aliphatic rings. The van der Waals surface area contributed by atoms with Gasteiger partial charge in [-0.2, -0.15) is 0 Å². The Morgan fingerprint density at radius 2 is 1.67 bits per heavy atom. The Morgan fingerprint density at radius 1 is 1.17 bits per heavy atom. The first-order valence-corrected chi connectivity index (χ1v) is 2.68. The molecule has 12 heavy (non-hydrogen) atoms. The van der Waals surface area contributed by atoms with Crippen LogP contribution >= 0.6 is 37.2 Å². The SMILES string of the molecule is Cc1cc(N)cnc1N.Cl.Cl.Cl. The molecule has 3 nitrogen and oxygen atoms in total. The van der Waals surface area contributed by atoms with Gasteiger partial charge in [0.15, 0.2) is 0 Å². The predicted molar refractivity (Wildman–Crippen MR) is 59.5 cm³/mol. The van der Waals surface area contributed by atoms with E-state index >= 15 is 0 Å². The van der Waals surface area contributed by atoms with E-state index in [1.807, 2.05) is 6.92 Å². The normalized spacial score (nSPS) is 7.08. The van der Waals surface area contributed by atoms with Crippen LogP contribution in [0.2, 0.25) is 0 Å². The Balaban J connectivity index is -0.000000270. The lowest BCUT2D eigenvalue weighted by Crippen LogP contribution is -1.95. The Bertz CT molecular complexity index is 229. The molecule has 1 aromatic heterocycles. The summed E-state index contributed by atoms with van der Waals surface area (Å²) in [5.74, 6) is 0.546. The van der Waals surface area contributed by atoms with Gasteiger partial charge in [0.25, 0.3) is 0 Å². The lowest BCUT2D eigenvalue weighted by atomic mass is 10.3. The first kappa shape index (κ1) is 17.6. The molecule has 1 rings (SSSR count). The average molecular weight is 233 g/mol. The highest BCUT2D eigenvalue weighted by Crippen LogP contribution is 2.08. The van der Waals surface area contributed by atoms with Crippen LogP contribution in [-0.2, 0) is 0 Å². The van der Waals surface area contributed by atoms with E-state index in [1.165, 1.54) is 0 Å². The molecule has 0 spiro atoms. The number of rotatable bonds is 0. The quantitative estimate of drug-likeness (QED) is 0.717. The molecule has 0 unspecified atom stereocenters. The van der Waals surface area contributed by atoms with Crippen molar-refractivity contribution in [3.05, 3.63) is 17.8 Å². The van der Waals surface area contributed by atoms with Crippen LogP contribution in [0.1, 0.15) is 5.56 Å². The second-order valence-electron chi connectivity index (χ2n) is 1.97. The molecule has 0 bridgehead atoms. The number of hydrogen-bond acceptors (Lipinski definition) is 3. The van der Waals surface area contributed by atoms with Gasteiger partial charge in [0, 0.05) is 0 Å². The van der Waals surface area contributed by atoms with E-state index in [4.69, 9.17) is 11.5 Å². The highest BCUT2D eigenvalue weighted by atomic mass is 35.5. The van der Waals surface area contributed by atoms with Crippen molar-refractivity contribution in [2.45, 2.75) is 6.92 Å². The summed E-state index contributed by atoms with van der Waals surface area (Å²) < 4.78 is 0. The van der Waals surface area contributed by atoms with Crippen LogP contribution in [0, 0.1) is 6.92 Å². The summed E-state index contributed by atoms with van der Waals surface area (Å²) in [5.41, 5.74) is 12.4. The third-order valence-electron chi connectivity index (χ3n) is 1.14. The lowest BCUT2D eigenvalue weighted by Gasteiger charge is -1.97. The number of nitrogens with two attached hydrogens (primary N) is 2. The summed E-state index contributed by atoms with van der Waals surface area (Å²) >= 11 is 0. The molecular formula is C6H12Cl3N3. The zero-order valence-corrected chi connectivity index (χ0v) is 8.93. The van der Waals surface area contributed by atoms with Gasteiger partial charge in [-0.05, 0) is 18.6 Å². The fourth-order valence-electron chi connectivity index (χ4n) is 0.607. The minimum Gasteiger partial charge on any atom is -0.397 e. The van der Waals surface area contributed by atoms with Gasteiger partial charge in [-0.25, -0.2) is 4.98 Å². The molecule has 1 heterocycles. The molecule has 72 valence electrons. The summed E-state index contributed by atoms with van der Waals surface area (Å²) in [7, 11) is 0. The van der Waals surface area contributed by atoms with Gasteiger partial charge < -0.3 is 11.5 Å².